The number of aromatic nitrogens is 1. The van der Waals surface area contributed by atoms with Crippen LogP contribution < -0.4 is 5.32 Å². The summed E-state index contributed by atoms with van der Waals surface area (Å²) >= 11 is 0. The number of hydrogen-bond acceptors (Lipinski definition) is 1. The first-order valence-corrected chi connectivity index (χ1v) is 9.15. The minimum Gasteiger partial charge on any atom is -0.356 e. The molecular formula is C23H25FN2O. The van der Waals surface area contributed by atoms with Crippen LogP contribution in [0.1, 0.15) is 33.5 Å². The summed E-state index contributed by atoms with van der Waals surface area (Å²) in [6.45, 7) is 8.50. The van der Waals surface area contributed by atoms with Gasteiger partial charge < -0.3 is 10.3 Å². The van der Waals surface area contributed by atoms with E-state index in [-0.39, 0.29) is 11.7 Å². The number of fused-ring (bicyclic) bond motifs is 1. The van der Waals surface area contributed by atoms with Crippen molar-refractivity contribution in [2.45, 2.75) is 34.1 Å². The molecule has 0 bridgehead atoms. The van der Waals surface area contributed by atoms with Crippen molar-refractivity contribution in [1.82, 2.24) is 10.3 Å². The zero-order valence-electron chi connectivity index (χ0n) is 16.2. The van der Waals surface area contributed by atoms with Crippen LogP contribution in [0.5, 0.6) is 0 Å². The SMILES string of the molecule is Cc1cc(C)cc(C=CC(=O)NCCc2c(C)[nH]c3c(F)ccc(C)c23)c1. The van der Waals surface area contributed by atoms with Crippen LogP contribution in [0.4, 0.5) is 4.39 Å². The van der Waals surface area contributed by atoms with Crippen LogP contribution in [0.25, 0.3) is 17.0 Å². The maximum Gasteiger partial charge on any atom is 0.244 e. The van der Waals surface area contributed by atoms with Crippen LogP contribution in [0, 0.1) is 33.5 Å². The van der Waals surface area contributed by atoms with Gasteiger partial charge in [0, 0.05) is 23.7 Å². The minimum absolute atomic E-state index is 0.130. The van der Waals surface area contributed by atoms with E-state index < -0.39 is 0 Å². The smallest absolute Gasteiger partial charge is 0.244 e. The molecule has 140 valence electrons. The summed E-state index contributed by atoms with van der Waals surface area (Å²) in [7, 11) is 0. The standard InChI is InChI=1S/C23H25FN2O/c1-14-11-15(2)13-18(12-14)6-8-21(27)25-10-9-19-17(4)26-23-20(24)7-5-16(3)22(19)23/h5-8,11-13,26H,9-10H2,1-4H3,(H,25,27). The van der Waals surface area contributed by atoms with Crippen LogP contribution in [-0.2, 0) is 11.2 Å². The fraction of sp³-hybridized carbons (Fsp3) is 0.261. The second-order valence-electron chi connectivity index (χ2n) is 7.14. The number of hydrogen-bond donors (Lipinski definition) is 2. The lowest BCUT2D eigenvalue weighted by Gasteiger charge is -2.05. The van der Waals surface area contributed by atoms with Crippen LogP contribution >= 0.6 is 0 Å². The van der Waals surface area contributed by atoms with E-state index in [1.807, 2.05) is 45.9 Å². The molecule has 0 saturated carbocycles. The lowest BCUT2D eigenvalue weighted by Crippen LogP contribution is -2.23. The van der Waals surface area contributed by atoms with Gasteiger partial charge in [-0.25, -0.2) is 4.39 Å². The summed E-state index contributed by atoms with van der Waals surface area (Å²) < 4.78 is 14.0. The molecule has 3 nitrogen and oxygen atoms in total. The highest BCUT2D eigenvalue weighted by molar-refractivity contribution is 5.92. The molecule has 0 radical (unpaired) electrons. The Balaban J connectivity index is 1.65. The van der Waals surface area contributed by atoms with Gasteiger partial charge in [-0.05, 0) is 62.9 Å². The van der Waals surface area contributed by atoms with Gasteiger partial charge in [0.05, 0.1) is 5.52 Å². The van der Waals surface area contributed by atoms with Gasteiger partial charge in [0.2, 0.25) is 5.91 Å². The summed E-state index contributed by atoms with van der Waals surface area (Å²) in [5.41, 5.74) is 6.94. The number of H-pyrrole nitrogens is 1. The molecule has 3 rings (SSSR count). The van der Waals surface area contributed by atoms with Crippen molar-refractivity contribution in [1.29, 1.82) is 0 Å². The first-order chi connectivity index (χ1) is 12.8. The summed E-state index contributed by atoms with van der Waals surface area (Å²) in [6.07, 6.45) is 4.03. The Morgan fingerprint density at radius 3 is 2.52 bits per heavy atom. The summed E-state index contributed by atoms with van der Waals surface area (Å²) in [5.74, 6) is -0.375. The highest BCUT2D eigenvalue weighted by Gasteiger charge is 2.13. The zero-order valence-corrected chi connectivity index (χ0v) is 16.2. The molecule has 0 spiro atoms. The Morgan fingerprint density at radius 2 is 1.81 bits per heavy atom. The molecule has 0 fully saturated rings. The first kappa shape index (κ1) is 18.9. The third kappa shape index (κ3) is 4.27. The van der Waals surface area contributed by atoms with Gasteiger partial charge in [-0.1, -0.05) is 35.4 Å². The molecule has 0 unspecified atom stereocenters. The number of halogens is 1. The number of benzene rings is 2. The van der Waals surface area contributed by atoms with Crippen LogP contribution in [0.3, 0.4) is 0 Å². The van der Waals surface area contributed by atoms with E-state index in [4.69, 9.17) is 0 Å². The molecule has 0 atom stereocenters. The Morgan fingerprint density at radius 1 is 1.11 bits per heavy atom. The summed E-state index contributed by atoms with van der Waals surface area (Å²) in [6, 6.07) is 9.47. The highest BCUT2D eigenvalue weighted by atomic mass is 19.1. The van der Waals surface area contributed by atoms with E-state index in [2.05, 4.69) is 16.4 Å². The number of amides is 1. The van der Waals surface area contributed by atoms with Crippen molar-refractivity contribution >= 4 is 22.9 Å². The highest BCUT2D eigenvalue weighted by Crippen LogP contribution is 2.27. The Kier molecular flexibility index (Phi) is 5.45. The fourth-order valence-corrected chi connectivity index (χ4v) is 3.60. The predicted molar refractivity (Wildman–Crippen MR) is 109 cm³/mol. The second kappa shape index (κ2) is 7.78. The van der Waals surface area contributed by atoms with E-state index in [1.165, 1.54) is 17.2 Å². The number of carbonyl (C=O) groups excluding carboxylic acids is 1. The Labute approximate surface area is 159 Å². The number of nitrogens with one attached hydrogen (secondary N) is 2. The number of rotatable bonds is 5. The Bertz CT molecular complexity index is 1010. The zero-order chi connectivity index (χ0) is 19.6. The van der Waals surface area contributed by atoms with Crippen molar-refractivity contribution in [3.8, 4) is 0 Å². The minimum atomic E-state index is -0.245. The van der Waals surface area contributed by atoms with Gasteiger partial charge in [0.1, 0.15) is 5.82 Å². The monoisotopic (exact) mass is 364 g/mol. The molecule has 0 saturated heterocycles. The van der Waals surface area contributed by atoms with Gasteiger partial charge in [0.25, 0.3) is 0 Å². The molecule has 1 heterocycles. The molecule has 3 aromatic rings. The van der Waals surface area contributed by atoms with Crippen molar-refractivity contribution < 1.29 is 9.18 Å². The van der Waals surface area contributed by atoms with Crippen molar-refractivity contribution in [3.63, 3.8) is 0 Å². The van der Waals surface area contributed by atoms with Crippen molar-refractivity contribution in [2.75, 3.05) is 6.54 Å². The van der Waals surface area contributed by atoms with Crippen LogP contribution in [0.2, 0.25) is 0 Å². The molecule has 4 heteroatoms. The van der Waals surface area contributed by atoms with Crippen molar-refractivity contribution in [2.24, 2.45) is 0 Å². The van der Waals surface area contributed by atoms with Crippen molar-refractivity contribution in [3.05, 3.63) is 75.7 Å². The number of carbonyl (C=O) groups is 1. The van der Waals surface area contributed by atoms with E-state index in [0.29, 0.717) is 18.5 Å². The van der Waals surface area contributed by atoms with E-state index in [9.17, 15) is 9.18 Å². The fourth-order valence-electron chi connectivity index (χ4n) is 3.60. The molecule has 0 aliphatic rings. The topological polar surface area (TPSA) is 44.9 Å². The lowest BCUT2D eigenvalue weighted by molar-refractivity contribution is -0.116. The molecule has 2 aromatic carbocycles. The molecule has 2 N–H and O–H groups in total. The molecular weight excluding hydrogens is 339 g/mol. The second-order valence-corrected chi connectivity index (χ2v) is 7.14. The third-order valence-corrected chi connectivity index (χ3v) is 4.78. The van der Waals surface area contributed by atoms with Gasteiger partial charge in [-0.15, -0.1) is 0 Å². The van der Waals surface area contributed by atoms with Gasteiger partial charge >= 0.3 is 0 Å². The summed E-state index contributed by atoms with van der Waals surface area (Å²) in [5, 5.41) is 3.84. The van der Waals surface area contributed by atoms with E-state index in [0.717, 1.165) is 27.8 Å². The van der Waals surface area contributed by atoms with Crippen LogP contribution in [-0.4, -0.2) is 17.4 Å². The lowest BCUT2D eigenvalue weighted by atomic mass is 10.0. The van der Waals surface area contributed by atoms with E-state index in [1.54, 1.807) is 12.1 Å². The maximum atomic E-state index is 14.0. The molecule has 1 amide bonds. The van der Waals surface area contributed by atoms with Gasteiger partial charge in [-0.2, -0.15) is 0 Å². The molecule has 0 aliphatic heterocycles. The predicted octanol–water partition coefficient (Wildman–Crippen LogP) is 4.91. The normalized spacial score (nSPS) is 11.4. The molecule has 27 heavy (non-hydrogen) atoms. The average Bonchev–Trinajstić information content (AvgIpc) is 2.93. The van der Waals surface area contributed by atoms with Gasteiger partial charge in [-0.3, -0.25) is 4.79 Å². The Hall–Kier alpha value is -2.88. The number of aryl methyl sites for hydroxylation is 4. The quantitative estimate of drug-likeness (QED) is 0.621. The third-order valence-electron chi connectivity index (χ3n) is 4.78. The average molecular weight is 364 g/mol. The first-order valence-electron chi connectivity index (χ1n) is 9.15. The van der Waals surface area contributed by atoms with Gasteiger partial charge in [0.15, 0.2) is 0 Å². The van der Waals surface area contributed by atoms with Crippen LogP contribution in [0.15, 0.2) is 36.4 Å². The number of aromatic amines is 1. The van der Waals surface area contributed by atoms with E-state index >= 15 is 0 Å². The maximum absolute atomic E-state index is 14.0. The molecule has 1 aromatic heterocycles. The summed E-state index contributed by atoms with van der Waals surface area (Å²) in [4.78, 5) is 15.2. The molecule has 0 aliphatic carbocycles. The largest absolute Gasteiger partial charge is 0.356 e.